The lowest BCUT2D eigenvalue weighted by Crippen LogP contribution is -2.43. The Morgan fingerprint density at radius 2 is 1.67 bits per heavy atom. The quantitative estimate of drug-likeness (QED) is 0.751. The lowest BCUT2D eigenvalue weighted by atomic mass is 9.87. The molecule has 2 N–H and O–H groups in total. The van der Waals surface area contributed by atoms with Crippen LogP contribution in [0.25, 0.3) is 0 Å². The number of rotatable bonds is 5. The number of nitrogens with two attached hydrogens (primary N) is 1. The average Bonchev–Trinajstić information content (AvgIpc) is 2.65. The Morgan fingerprint density at radius 1 is 1.04 bits per heavy atom. The van der Waals surface area contributed by atoms with Crippen molar-refractivity contribution in [2.45, 2.75) is 18.9 Å². The van der Waals surface area contributed by atoms with Crippen molar-refractivity contribution in [3.05, 3.63) is 69.5 Å². The molecule has 1 fully saturated rings. The monoisotopic (exact) mass is 408 g/mol. The molecule has 0 aromatic heterocycles. The Hall–Kier alpha value is -1.95. The van der Waals surface area contributed by atoms with Crippen molar-refractivity contribution in [1.29, 1.82) is 0 Å². The zero-order valence-corrected chi connectivity index (χ0v) is 16.0. The number of halogens is 3. The molecular weight excluding hydrogens is 390 g/mol. The van der Waals surface area contributed by atoms with Crippen LogP contribution in [-0.2, 0) is 4.79 Å². The lowest BCUT2D eigenvalue weighted by molar-refractivity contribution is -0.124. The summed E-state index contributed by atoms with van der Waals surface area (Å²) < 4.78 is 13.2. The fourth-order valence-electron chi connectivity index (χ4n) is 3.51. The standard InChI is InChI=1S/C20H19Cl2FN2O2/c21-16-6-3-14(11-17(16)22)19(26)13-7-9-25(10-8-13)18(20(24)27)12-1-4-15(23)5-2-12/h1-6,11,13,18H,7-10H2,(H2,24,27). The van der Waals surface area contributed by atoms with Gasteiger partial charge >= 0.3 is 0 Å². The van der Waals surface area contributed by atoms with Crippen LogP contribution >= 0.6 is 23.2 Å². The second-order valence-corrected chi connectivity index (χ2v) is 7.47. The fourth-order valence-corrected chi connectivity index (χ4v) is 3.80. The summed E-state index contributed by atoms with van der Waals surface area (Å²) in [4.78, 5) is 26.6. The number of likely N-dealkylation sites (tertiary alicyclic amines) is 1. The molecule has 2 aromatic carbocycles. The van der Waals surface area contributed by atoms with Gasteiger partial charge in [-0.05, 0) is 61.8 Å². The van der Waals surface area contributed by atoms with E-state index in [0.717, 1.165) is 0 Å². The van der Waals surface area contributed by atoms with Crippen molar-refractivity contribution in [1.82, 2.24) is 4.90 Å². The van der Waals surface area contributed by atoms with Crippen molar-refractivity contribution in [3.8, 4) is 0 Å². The molecule has 0 spiro atoms. The third-order valence-corrected chi connectivity index (χ3v) is 5.66. The molecule has 1 aliphatic heterocycles. The van der Waals surface area contributed by atoms with Crippen LogP contribution in [0.3, 0.4) is 0 Å². The van der Waals surface area contributed by atoms with Gasteiger partial charge in [-0.25, -0.2) is 4.39 Å². The molecular formula is C20H19Cl2FN2O2. The smallest absolute Gasteiger partial charge is 0.239 e. The van der Waals surface area contributed by atoms with E-state index in [1.54, 1.807) is 30.3 Å². The summed E-state index contributed by atoms with van der Waals surface area (Å²) in [5.74, 6) is -0.991. The van der Waals surface area contributed by atoms with Crippen LogP contribution in [-0.4, -0.2) is 29.7 Å². The van der Waals surface area contributed by atoms with Gasteiger partial charge in [0, 0.05) is 11.5 Å². The van der Waals surface area contributed by atoms with Gasteiger partial charge in [-0.1, -0.05) is 35.3 Å². The number of nitrogens with zero attached hydrogens (tertiary/aromatic N) is 1. The summed E-state index contributed by atoms with van der Waals surface area (Å²) in [5.41, 5.74) is 6.77. The van der Waals surface area contributed by atoms with E-state index in [-0.39, 0.29) is 17.5 Å². The molecule has 3 rings (SSSR count). The van der Waals surface area contributed by atoms with E-state index in [1.807, 2.05) is 4.90 Å². The number of ketones is 1. The van der Waals surface area contributed by atoms with Gasteiger partial charge in [0.2, 0.25) is 5.91 Å². The summed E-state index contributed by atoms with van der Waals surface area (Å²) >= 11 is 11.9. The summed E-state index contributed by atoms with van der Waals surface area (Å²) in [6.07, 6.45) is 1.20. The summed E-state index contributed by atoms with van der Waals surface area (Å²) in [7, 11) is 0. The number of primary amides is 1. The summed E-state index contributed by atoms with van der Waals surface area (Å²) in [5, 5.41) is 0.761. The van der Waals surface area contributed by atoms with E-state index in [9.17, 15) is 14.0 Å². The zero-order chi connectivity index (χ0) is 19.6. The van der Waals surface area contributed by atoms with Crippen molar-refractivity contribution in [3.63, 3.8) is 0 Å². The minimum atomic E-state index is -0.633. The molecule has 27 heavy (non-hydrogen) atoms. The highest BCUT2D eigenvalue weighted by Crippen LogP contribution is 2.30. The van der Waals surface area contributed by atoms with E-state index in [2.05, 4.69) is 0 Å². The number of amides is 1. The third kappa shape index (κ3) is 4.49. The van der Waals surface area contributed by atoms with Gasteiger partial charge < -0.3 is 5.73 Å². The average molecular weight is 409 g/mol. The number of benzene rings is 2. The van der Waals surface area contributed by atoms with E-state index in [4.69, 9.17) is 28.9 Å². The minimum Gasteiger partial charge on any atom is -0.368 e. The Labute approximate surface area is 167 Å². The van der Waals surface area contributed by atoms with Crippen LogP contribution < -0.4 is 5.73 Å². The second-order valence-electron chi connectivity index (χ2n) is 6.66. The van der Waals surface area contributed by atoms with Gasteiger partial charge in [0.15, 0.2) is 5.78 Å². The highest BCUT2D eigenvalue weighted by Gasteiger charge is 2.32. The van der Waals surface area contributed by atoms with Crippen LogP contribution in [0.5, 0.6) is 0 Å². The molecule has 0 aliphatic carbocycles. The van der Waals surface area contributed by atoms with E-state index < -0.39 is 11.9 Å². The SMILES string of the molecule is NC(=O)C(c1ccc(F)cc1)N1CCC(C(=O)c2ccc(Cl)c(Cl)c2)CC1. The molecule has 1 heterocycles. The van der Waals surface area contributed by atoms with Gasteiger partial charge in [0.25, 0.3) is 0 Å². The lowest BCUT2D eigenvalue weighted by Gasteiger charge is -2.35. The molecule has 1 aliphatic rings. The highest BCUT2D eigenvalue weighted by atomic mass is 35.5. The molecule has 0 saturated carbocycles. The summed E-state index contributed by atoms with van der Waals surface area (Å²) in [6, 6.07) is 10.0. The zero-order valence-electron chi connectivity index (χ0n) is 14.5. The number of hydrogen-bond acceptors (Lipinski definition) is 3. The van der Waals surface area contributed by atoms with Crippen molar-refractivity contribution in [2.24, 2.45) is 11.7 Å². The molecule has 1 atom stereocenters. The van der Waals surface area contributed by atoms with Crippen LogP contribution in [0.1, 0.15) is 34.8 Å². The first-order valence-electron chi connectivity index (χ1n) is 8.65. The number of carbonyl (C=O) groups is 2. The van der Waals surface area contributed by atoms with Gasteiger partial charge in [0.05, 0.1) is 10.0 Å². The molecule has 0 bridgehead atoms. The first kappa shape index (κ1) is 19.8. The number of carbonyl (C=O) groups excluding carboxylic acids is 2. The van der Waals surface area contributed by atoms with E-state index in [0.29, 0.717) is 47.1 Å². The maximum Gasteiger partial charge on any atom is 0.239 e. The predicted molar refractivity (Wildman–Crippen MR) is 103 cm³/mol. The Kier molecular flexibility index (Phi) is 6.15. The number of piperidine rings is 1. The fraction of sp³-hybridized carbons (Fsp3) is 0.300. The summed E-state index contributed by atoms with van der Waals surface area (Å²) in [6.45, 7) is 1.09. The van der Waals surface area contributed by atoms with Crippen LogP contribution in [0.4, 0.5) is 4.39 Å². The molecule has 2 aromatic rings. The molecule has 1 amide bonds. The molecule has 0 radical (unpaired) electrons. The van der Waals surface area contributed by atoms with Gasteiger partial charge in [-0.2, -0.15) is 0 Å². The molecule has 142 valence electrons. The number of hydrogen-bond donors (Lipinski definition) is 1. The molecule has 4 nitrogen and oxygen atoms in total. The Morgan fingerprint density at radius 3 is 2.22 bits per heavy atom. The Bertz CT molecular complexity index is 850. The maximum absolute atomic E-state index is 13.2. The highest BCUT2D eigenvalue weighted by molar-refractivity contribution is 6.42. The van der Waals surface area contributed by atoms with Crippen LogP contribution in [0.15, 0.2) is 42.5 Å². The van der Waals surface area contributed by atoms with E-state index >= 15 is 0 Å². The maximum atomic E-state index is 13.2. The van der Waals surface area contributed by atoms with Crippen molar-refractivity contribution >= 4 is 34.9 Å². The van der Waals surface area contributed by atoms with Crippen LogP contribution in [0, 0.1) is 11.7 Å². The van der Waals surface area contributed by atoms with Gasteiger partial charge in [0.1, 0.15) is 11.9 Å². The topological polar surface area (TPSA) is 63.4 Å². The molecule has 1 unspecified atom stereocenters. The predicted octanol–water partition coefficient (Wildman–Crippen LogP) is 4.25. The van der Waals surface area contributed by atoms with Crippen LogP contribution in [0.2, 0.25) is 10.0 Å². The number of Topliss-reactive ketones (excluding diaryl/α,β-unsaturated/α-hetero) is 1. The molecule has 7 heteroatoms. The first-order valence-corrected chi connectivity index (χ1v) is 9.40. The first-order chi connectivity index (χ1) is 12.9. The largest absolute Gasteiger partial charge is 0.368 e. The second kappa shape index (κ2) is 8.38. The van der Waals surface area contributed by atoms with Crippen molar-refractivity contribution < 1.29 is 14.0 Å². The normalized spacial score (nSPS) is 16.9. The Balaban J connectivity index is 1.69. The van der Waals surface area contributed by atoms with Gasteiger partial charge in [-0.3, -0.25) is 14.5 Å². The van der Waals surface area contributed by atoms with Crippen molar-refractivity contribution in [2.75, 3.05) is 13.1 Å². The van der Waals surface area contributed by atoms with E-state index in [1.165, 1.54) is 12.1 Å². The third-order valence-electron chi connectivity index (χ3n) is 4.92. The molecule has 1 saturated heterocycles. The minimum absolute atomic E-state index is 0.0191. The van der Waals surface area contributed by atoms with Gasteiger partial charge in [-0.15, -0.1) is 0 Å².